The summed E-state index contributed by atoms with van der Waals surface area (Å²) < 4.78 is 5.13. The number of anilines is 2. The van der Waals surface area contributed by atoms with E-state index in [2.05, 4.69) is 20.6 Å². The number of imide groups is 1. The molecular formula is C20H22N6O4. The molecule has 1 spiro atoms. The van der Waals surface area contributed by atoms with Crippen LogP contribution in [-0.2, 0) is 9.59 Å². The van der Waals surface area contributed by atoms with Gasteiger partial charge in [0.2, 0.25) is 11.9 Å². The third-order valence-corrected chi connectivity index (χ3v) is 5.35. The quantitative estimate of drug-likeness (QED) is 0.707. The Hall–Kier alpha value is -3.69. The molecule has 156 valence electrons. The summed E-state index contributed by atoms with van der Waals surface area (Å²) in [5.41, 5.74) is -0.462. The molecule has 3 heterocycles. The molecule has 2 saturated heterocycles. The summed E-state index contributed by atoms with van der Waals surface area (Å²) in [6.45, 7) is 0.703. The minimum Gasteiger partial charge on any atom is -0.497 e. The second kappa shape index (κ2) is 7.97. The zero-order valence-electron chi connectivity index (χ0n) is 16.5. The number of hydrogen-bond acceptors (Lipinski definition) is 7. The highest BCUT2D eigenvalue weighted by Gasteiger charge is 2.52. The van der Waals surface area contributed by atoms with Crippen molar-refractivity contribution in [2.24, 2.45) is 0 Å². The highest BCUT2D eigenvalue weighted by molar-refractivity contribution is 6.10. The van der Waals surface area contributed by atoms with Crippen molar-refractivity contribution in [2.75, 3.05) is 37.0 Å². The van der Waals surface area contributed by atoms with Crippen LogP contribution >= 0.6 is 0 Å². The number of piperidine rings is 1. The molecule has 0 radical (unpaired) electrons. The second-order valence-corrected chi connectivity index (χ2v) is 7.22. The van der Waals surface area contributed by atoms with E-state index in [1.54, 1.807) is 42.7 Å². The molecule has 4 amide bonds. The largest absolute Gasteiger partial charge is 0.497 e. The van der Waals surface area contributed by atoms with Gasteiger partial charge in [-0.15, -0.1) is 0 Å². The number of nitrogens with zero attached hydrogens (tertiary/aromatic N) is 4. The number of methoxy groups -OCH3 is 1. The van der Waals surface area contributed by atoms with Gasteiger partial charge in [0.15, 0.2) is 0 Å². The molecule has 2 aliphatic rings. The lowest BCUT2D eigenvalue weighted by Crippen LogP contribution is -2.55. The maximum absolute atomic E-state index is 13.0. The highest BCUT2D eigenvalue weighted by atomic mass is 16.5. The van der Waals surface area contributed by atoms with Gasteiger partial charge in [-0.25, -0.2) is 14.8 Å². The Bertz CT molecular complexity index is 959. The number of ether oxygens (including phenoxy) is 1. The van der Waals surface area contributed by atoms with Crippen LogP contribution < -0.4 is 20.3 Å². The molecule has 0 bridgehead atoms. The molecule has 2 fully saturated rings. The minimum absolute atomic E-state index is 0.352. The van der Waals surface area contributed by atoms with Crippen LogP contribution in [0.5, 0.6) is 5.75 Å². The van der Waals surface area contributed by atoms with E-state index in [0.717, 1.165) is 4.90 Å². The topological polar surface area (TPSA) is 117 Å². The molecule has 0 unspecified atom stereocenters. The van der Waals surface area contributed by atoms with E-state index >= 15 is 0 Å². The van der Waals surface area contributed by atoms with Crippen LogP contribution in [0.3, 0.4) is 0 Å². The van der Waals surface area contributed by atoms with Gasteiger partial charge in [-0.1, -0.05) is 6.07 Å². The lowest BCUT2D eigenvalue weighted by molar-refractivity contribution is -0.134. The van der Waals surface area contributed by atoms with Crippen molar-refractivity contribution in [3.8, 4) is 5.75 Å². The molecule has 0 saturated carbocycles. The first-order valence-corrected chi connectivity index (χ1v) is 9.61. The Morgan fingerprint density at radius 1 is 1.20 bits per heavy atom. The summed E-state index contributed by atoms with van der Waals surface area (Å²) in [7, 11) is 1.53. The standard InChI is InChI=1S/C20H22N6O4/c1-30-15-5-2-4-14(12-15)23-16(27)13-26-17(28)20(24-19(26)29)6-10-25(11-7-20)18-21-8-3-9-22-18/h2-5,8-9,12H,6-7,10-11,13H2,1H3,(H,23,27)(H,24,29). The fourth-order valence-corrected chi connectivity index (χ4v) is 3.75. The Kier molecular flexibility index (Phi) is 5.21. The van der Waals surface area contributed by atoms with Crippen LogP contribution in [0.15, 0.2) is 42.7 Å². The van der Waals surface area contributed by atoms with Gasteiger partial charge in [-0.05, 0) is 31.0 Å². The number of urea groups is 1. The summed E-state index contributed by atoms with van der Waals surface area (Å²) in [5.74, 6) is 0.357. The van der Waals surface area contributed by atoms with Gasteiger partial charge in [-0.2, -0.15) is 0 Å². The molecule has 2 N–H and O–H groups in total. The minimum atomic E-state index is -0.987. The van der Waals surface area contributed by atoms with Gasteiger partial charge < -0.3 is 20.3 Å². The van der Waals surface area contributed by atoms with Crippen LogP contribution in [0.4, 0.5) is 16.4 Å². The zero-order valence-corrected chi connectivity index (χ0v) is 16.5. The van der Waals surface area contributed by atoms with E-state index in [0.29, 0.717) is 43.3 Å². The van der Waals surface area contributed by atoms with Gasteiger partial charge in [-0.3, -0.25) is 14.5 Å². The van der Waals surface area contributed by atoms with Gasteiger partial charge in [0.1, 0.15) is 17.8 Å². The van der Waals surface area contributed by atoms with Crippen LogP contribution in [-0.4, -0.2) is 65.0 Å². The maximum atomic E-state index is 13.0. The van der Waals surface area contributed by atoms with Crippen LogP contribution in [0, 0.1) is 0 Å². The number of amides is 4. The molecule has 10 heteroatoms. The molecule has 10 nitrogen and oxygen atoms in total. The molecule has 2 aliphatic heterocycles. The van der Waals surface area contributed by atoms with E-state index in [9.17, 15) is 14.4 Å². The van der Waals surface area contributed by atoms with Gasteiger partial charge >= 0.3 is 6.03 Å². The Morgan fingerprint density at radius 3 is 2.63 bits per heavy atom. The zero-order chi connectivity index (χ0) is 21.1. The maximum Gasteiger partial charge on any atom is 0.325 e. The van der Waals surface area contributed by atoms with Crippen molar-refractivity contribution in [3.05, 3.63) is 42.7 Å². The van der Waals surface area contributed by atoms with Crippen molar-refractivity contribution < 1.29 is 19.1 Å². The fraction of sp³-hybridized carbons (Fsp3) is 0.350. The number of benzene rings is 1. The predicted octanol–water partition coefficient (Wildman–Crippen LogP) is 1.01. The first-order chi connectivity index (χ1) is 14.5. The third-order valence-electron chi connectivity index (χ3n) is 5.35. The van der Waals surface area contributed by atoms with Crippen molar-refractivity contribution in [2.45, 2.75) is 18.4 Å². The number of hydrogen-bond donors (Lipinski definition) is 2. The first-order valence-electron chi connectivity index (χ1n) is 9.61. The average molecular weight is 410 g/mol. The lowest BCUT2D eigenvalue weighted by Gasteiger charge is -2.37. The Labute approximate surface area is 173 Å². The Morgan fingerprint density at radius 2 is 1.93 bits per heavy atom. The van der Waals surface area contributed by atoms with E-state index in [-0.39, 0.29) is 12.5 Å². The first kappa shape index (κ1) is 19.6. The van der Waals surface area contributed by atoms with Crippen molar-refractivity contribution in [1.82, 2.24) is 20.2 Å². The summed E-state index contributed by atoms with van der Waals surface area (Å²) in [5, 5.41) is 5.49. The van der Waals surface area contributed by atoms with E-state index in [4.69, 9.17) is 4.74 Å². The molecule has 0 aliphatic carbocycles. The molecule has 1 aromatic heterocycles. The number of aromatic nitrogens is 2. The molecular weight excluding hydrogens is 388 g/mol. The number of nitrogens with one attached hydrogen (secondary N) is 2. The van der Waals surface area contributed by atoms with Gasteiger partial charge in [0, 0.05) is 37.2 Å². The number of rotatable bonds is 5. The molecule has 2 aromatic rings. The molecule has 4 rings (SSSR count). The number of carbonyl (C=O) groups excluding carboxylic acids is 3. The third kappa shape index (κ3) is 3.76. The van der Waals surface area contributed by atoms with E-state index in [1.807, 2.05) is 4.90 Å². The van der Waals surface area contributed by atoms with Crippen LogP contribution in [0.25, 0.3) is 0 Å². The molecule has 1 aromatic carbocycles. The molecule has 30 heavy (non-hydrogen) atoms. The lowest BCUT2D eigenvalue weighted by atomic mass is 9.87. The number of carbonyl (C=O) groups is 3. The highest BCUT2D eigenvalue weighted by Crippen LogP contribution is 2.30. The van der Waals surface area contributed by atoms with Gasteiger partial charge in [0.05, 0.1) is 7.11 Å². The molecule has 0 atom stereocenters. The summed E-state index contributed by atoms with van der Waals surface area (Å²) in [6.07, 6.45) is 4.17. The monoisotopic (exact) mass is 410 g/mol. The van der Waals surface area contributed by atoms with Crippen molar-refractivity contribution in [1.29, 1.82) is 0 Å². The normalized spacial score (nSPS) is 17.8. The van der Waals surface area contributed by atoms with E-state index < -0.39 is 17.5 Å². The Balaban J connectivity index is 1.38. The second-order valence-electron chi connectivity index (χ2n) is 7.22. The van der Waals surface area contributed by atoms with Crippen molar-refractivity contribution >= 4 is 29.5 Å². The summed E-state index contributed by atoms with van der Waals surface area (Å²) in [6, 6.07) is 8.04. The van der Waals surface area contributed by atoms with Crippen LogP contribution in [0.1, 0.15) is 12.8 Å². The van der Waals surface area contributed by atoms with Gasteiger partial charge in [0.25, 0.3) is 5.91 Å². The SMILES string of the molecule is COc1cccc(NC(=O)CN2C(=O)NC3(CCN(c4ncccn4)CC3)C2=O)c1. The van der Waals surface area contributed by atoms with Crippen LogP contribution in [0.2, 0.25) is 0 Å². The predicted molar refractivity (Wildman–Crippen MR) is 108 cm³/mol. The average Bonchev–Trinajstić information content (AvgIpc) is 2.99. The smallest absolute Gasteiger partial charge is 0.325 e. The van der Waals surface area contributed by atoms with E-state index in [1.165, 1.54) is 7.11 Å². The fourth-order valence-electron chi connectivity index (χ4n) is 3.75. The summed E-state index contributed by atoms with van der Waals surface area (Å²) in [4.78, 5) is 49.3. The summed E-state index contributed by atoms with van der Waals surface area (Å²) >= 11 is 0. The van der Waals surface area contributed by atoms with Crippen molar-refractivity contribution in [3.63, 3.8) is 0 Å².